The van der Waals surface area contributed by atoms with Gasteiger partial charge >= 0.3 is 6.03 Å². The fourth-order valence-corrected chi connectivity index (χ4v) is 1.35. The Bertz CT molecular complexity index is 175. The van der Waals surface area contributed by atoms with Gasteiger partial charge < -0.3 is 11.1 Å². The third-order valence-electron chi connectivity index (χ3n) is 1.21. The van der Waals surface area contributed by atoms with E-state index in [4.69, 9.17) is 5.73 Å². The second-order valence-corrected chi connectivity index (χ2v) is 3.43. The molecule has 0 rings (SSSR count). The molecule has 0 heterocycles. The highest BCUT2D eigenvalue weighted by Gasteiger charge is 2.04. The third kappa shape index (κ3) is 7.61. The maximum absolute atomic E-state index is 11.0. The smallest absolute Gasteiger partial charge is 0.321 e. The molecule has 0 saturated heterocycles. The highest BCUT2D eigenvalue weighted by molar-refractivity contribution is 7.99. The summed E-state index contributed by atoms with van der Waals surface area (Å²) >= 11 is 1.47. The van der Waals surface area contributed by atoms with Crippen LogP contribution in [0.15, 0.2) is 0 Å². The lowest BCUT2D eigenvalue weighted by Gasteiger charge is -2.02. The number of amides is 3. The first kappa shape index (κ1) is 12.2. The van der Waals surface area contributed by atoms with Gasteiger partial charge in [0, 0.05) is 7.05 Å². The molecule has 0 aliphatic heterocycles. The molecule has 0 aromatic carbocycles. The summed E-state index contributed by atoms with van der Waals surface area (Å²) in [4.78, 5) is 21.6. The number of nitrogens with one attached hydrogen (secondary N) is 2. The lowest BCUT2D eigenvalue weighted by Crippen LogP contribution is -2.38. The second kappa shape index (κ2) is 7.88. The van der Waals surface area contributed by atoms with Crippen LogP contribution in [-0.2, 0) is 4.79 Å². The molecular formula is C7H15N3O2S. The van der Waals surface area contributed by atoms with Crippen molar-refractivity contribution in [3.8, 4) is 0 Å². The summed E-state index contributed by atoms with van der Waals surface area (Å²) in [5.74, 6) is 0.867. The summed E-state index contributed by atoms with van der Waals surface area (Å²) in [6, 6.07) is -0.468. The van der Waals surface area contributed by atoms with E-state index < -0.39 is 6.03 Å². The summed E-state index contributed by atoms with van der Waals surface area (Å²) in [7, 11) is 1.46. The van der Waals surface area contributed by atoms with Crippen molar-refractivity contribution in [2.75, 3.05) is 25.1 Å². The molecule has 0 aromatic heterocycles. The van der Waals surface area contributed by atoms with Crippen molar-refractivity contribution in [1.82, 2.24) is 10.6 Å². The van der Waals surface area contributed by atoms with Gasteiger partial charge in [-0.15, -0.1) is 0 Å². The van der Waals surface area contributed by atoms with Crippen LogP contribution in [0, 0.1) is 0 Å². The van der Waals surface area contributed by atoms with Crippen LogP contribution >= 0.6 is 11.8 Å². The van der Waals surface area contributed by atoms with Gasteiger partial charge in [-0.25, -0.2) is 4.79 Å². The zero-order chi connectivity index (χ0) is 10.1. The van der Waals surface area contributed by atoms with Gasteiger partial charge in [-0.3, -0.25) is 10.1 Å². The van der Waals surface area contributed by atoms with Crippen LogP contribution < -0.4 is 16.4 Å². The summed E-state index contributed by atoms with van der Waals surface area (Å²) in [5.41, 5.74) is 5.27. The van der Waals surface area contributed by atoms with Crippen LogP contribution in [0.25, 0.3) is 0 Å². The van der Waals surface area contributed by atoms with Crippen LogP contribution in [0.1, 0.15) is 6.42 Å². The number of urea groups is 1. The first-order valence-electron chi connectivity index (χ1n) is 4.00. The number of hydrogen-bond acceptors (Lipinski definition) is 4. The van der Waals surface area contributed by atoms with Crippen molar-refractivity contribution in [3.05, 3.63) is 0 Å². The van der Waals surface area contributed by atoms with Crippen molar-refractivity contribution < 1.29 is 9.59 Å². The molecule has 0 atom stereocenters. The molecule has 0 spiro atoms. The SMILES string of the molecule is CNC(=O)NC(=O)CSCCCN. The fraction of sp³-hybridized carbons (Fsp3) is 0.714. The maximum atomic E-state index is 11.0. The molecule has 0 radical (unpaired) electrons. The maximum Gasteiger partial charge on any atom is 0.321 e. The molecule has 3 amide bonds. The minimum absolute atomic E-state index is 0.277. The second-order valence-electron chi connectivity index (χ2n) is 2.32. The average Bonchev–Trinajstić information content (AvgIpc) is 2.12. The summed E-state index contributed by atoms with van der Waals surface area (Å²) in [6.07, 6.45) is 0.887. The Morgan fingerprint density at radius 2 is 2.15 bits per heavy atom. The Kier molecular flexibility index (Phi) is 7.42. The number of rotatable bonds is 5. The lowest BCUT2D eigenvalue weighted by molar-refractivity contribution is -0.117. The van der Waals surface area contributed by atoms with Crippen LogP contribution in [0.5, 0.6) is 0 Å². The number of thioether (sulfide) groups is 1. The van der Waals surface area contributed by atoms with Crippen LogP contribution in [0.2, 0.25) is 0 Å². The van der Waals surface area contributed by atoms with E-state index in [1.807, 2.05) is 0 Å². The Morgan fingerprint density at radius 3 is 2.69 bits per heavy atom. The standard InChI is InChI=1S/C7H15N3O2S/c1-9-7(12)10-6(11)5-13-4-2-3-8/h2-5,8H2,1H3,(H2,9,10,11,12). The number of nitrogens with two attached hydrogens (primary N) is 1. The van der Waals surface area contributed by atoms with Gasteiger partial charge in [-0.1, -0.05) is 0 Å². The molecule has 0 fully saturated rings. The van der Waals surface area contributed by atoms with Gasteiger partial charge in [-0.2, -0.15) is 11.8 Å². The van der Waals surface area contributed by atoms with Gasteiger partial charge in [0.1, 0.15) is 0 Å². The first-order valence-corrected chi connectivity index (χ1v) is 5.15. The van der Waals surface area contributed by atoms with E-state index in [1.54, 1.807) is 0 Å². The van der Waals surface area contributed by atoms with Gasteiger partial charge in [0.15, 0.2) is 0 Å². The van der Waals surface area contributed by atoms with E-state index in [2.05, 4.69) is 10.6 Å². The quantitative estimate of drug-likeness (QED) is 0.529. The normalized spacial score (nSPS) is 9.38. The zero-order valence-electron chi connectivity index (χ0n) is 7.63. The van der Waals surface area contributed by atoms with Crippen molar-refractivity contribution in [1.29, 1.82) is 0 Å². The van der Waals surface area contributed by atoms with Crippen LogP contribution in [0.3, 0.4) is 0 Å². The molecule has 4 N–H and O–H groups in total. The monoisotopic (exact) mass is 205 g/mol. The number of carbonyl (C=O) groups is 2. The van der Waals surface area contributed by atoms with E-state index in [-0.39, 0.29) is 5.91 Å². The third-order valence-corrected chi connectivity index (χ3v) is 2.25. The topological polar surface area (TPSA) is 84.2 Å². The Hall–Kier alpha value is -0.750. The van der Waals surface area contributed by atoms with Gasteiger partial charge in [0.2, 0.25) is 5.91 Å². The van der Waals surface area contributed by atoms with E-state index in [1.165, 1.54) is 18.8 Å². The van der Waals surface area contributed by atoms with E-state index in [0.717, 1.165) is 12.2 Å². The molecule has 6 heteroatoms. The first-order chi connectivity index (χ1) is 6.20. The van der Waals surface area contributed by atoms with Crippen molar-refractivity contribution >= 4 is 23.7 Å². The van der Waals surface area contributed by atoms with Crippen molar-refractivity contribution in [2.24, 2.45) is 5.73 Å². The number of imide groups is 1. The molecule has 0 saturated carbocycles. The molecule has 0 bridgehead atoms. The van der Waals surface area contributed by atoms with Gasteiger partial charge in [0.05, 0.1) is 5.75 Å². The highest BCUT2D eigenvalue weighted by Crippen LogP contribution is 2.00. The van der Waals surface area contributed by atoms with Gasteiger partial charge in [-0.05, 0) is 18.7 Å². The molecule has 13 heavy (non-hydrogen) atoms. The Morgan fingerprint density at radius 1 is 1.46 bits per heavy atom. The molecule has 76 valence electrons. The molecule has 0 aliphatic rings. The van der Waals surface area contributed by atoms with E-state index in [0.29, 0.717) is 12.3 Å². The molecule has 0 aliphatic carbocycles. The molecule has 0 unspecified atom stereocenters. The predicted octanol–water partition coefficient (Wildman–Crippen LogP) is -0.476. The van der Waals surface area contributed by atoms with Crippen LogP contribution in [-0.4, -0.2) is 37.0 Å². The largest absolute Gasteiger partial charge is 0.341 e. The minimum Gasteiger partial charge on any atom is -0.341 e. The molecular weight excluding hydrogens is 190 g/mol. The minimum atomic E-state index is -0.468. The van der Waals surface area contributed by atoms with Gasteiger partial charge in [0.25, 0.3) is 0 Å². The highest BCUT2D eigenvalue weighted by atomic mass is 32.2. The van der Waals surface area contributed by atoms with Crippen LogP contribution in [0.4, 0.5) is 4.79 Å². The summed E-state index contributed by atoms with van der Waals surface area (Å²) in [5, 5.41) is 4.46. The Balaban J connectivity index is 3.35. The molecule has 5 nitrogen and oxygen atoms in total. The number of hydrogen-bond donors (Lipinski definition) is 3. The zero-order valence-corrected chi connectivity index (χ0v) is 8.45. The molecule has 0 aromatic rings. The summed E-state index contributed by atoms with van der Waals surface area (Å²) < 4.78 is 0. The van der Waals surface area contributed by atoms with E-state index in [9.17, 15) is 9.59 Å². The average molecular weight is 205 g/mol. The number of carbonyl (C=O) groups excluding carboxylic acids is 2. The van der Waals surface area contributed by atoms with Crippen molar-refractivity contribution in [2.45, 2.75) is 6.42 Å². The summed E-state index contributed by atoms with van der Waals surface area (Å²) in [6.45, 7) is 0.629. The lowest BCUT2D eigenvalue weighted by atomic mass is 10.5. The predicted molar refractivity (Wildman–Crippen MR) is 53.6 cm³/mol. The Labute approximate surface area is 81.8 Å². The van der Waals surface area contributed by atoms with Crippen molar-refractivity contribution in [3.63, 3.8) is 0 Å². The fourth-order valence-electron chi connectivity index (χ4n) is 0.575. The van der Waals surface area contributed by atoms with E-state index >= 15 is 0 Å².